The number of ether oxygens (including phenoxy) is 2. The minimum atomic E-state index is -0.0961. The molecule has 0 aliphatic carbocycles. The molecule has 2 heteroatoms. The van der Waals surface area contributed by atoms with Crippen molar-refractivity contribution in [1.82, 2.24) is 0 Å². The maximum Gasteiger partial charge on any atom is 0.176 e. The van der Waals surface area contributed by atoms with Crippen LogP contribution in [0.15, 0.2) is 12.2 Å². The van der Waals surface area contributed by atoms with Crippen LogP contribution >= 0.6 is 0 Å². The third kappa shape index (κ3) is 2.12. The minimum Gasteiger partial charge on any atom is -0.349 e. The molecule has 1 aliphatic rings. The lowest BCUT2D eigenvalue weighted by Gasteiger charge is -2.24. The molecule has 2 nitrogen and oxygen atoms in total. The van der Waals surface area contributed by atoms with Crippen molar-refractivity contribution >= 4 is 0 Å². The highest BCUT2D eigenvalue weighted by Crippen LogP contribution is 2.10. The average Bonchev–Trinajstić information content (AvgIpc) is 1.95. The number of allylic oxidation sites excluding steroid dienone is 1. The molecule has 10 heavy (non-hydrogen) atoms. The van der Waals surface area contributed by atoms with E-state index >= 15 is 0 Å². The van der Waals surface area contributed by atoms with Crippen LogP contribution in [0.4, 0.5) is 0 Å². The van der Waals surface area contributed by atoms with Gasteiger partial charge in [0.15, 0.2) is 6.29 Å². The van der Waals surface area contributed by atoms with Crippen LogP contribution in [0.5, 0.6) is 0 Å². The lowest BCUT2D eigenvalue weighted by molar-refractivity contribution is -0.171. The Hall–Kier alpha value is -0.340. The van der Waals surface area contributed by atoms with Gasteiger partial charge in [0.1, 0.15) is 0 Å². The van der Waals surface area contributed by atoms with Gasteiger partial charge in [0.2, 0.25) is 0 Å². The Kier molecular flexibility index (Phi) is 2.90. The van der Waals surface area contributed by atoms with Gasteiger partial charge in [-0.3, -0.25) is 0 Å². The summed E-state index contributed by atoms with van der Waals surface area (Å²) < 4.78 is 10.6. The van der Waals surface area contributed by atoms with Gasteiger partial charge in [-0.25, -0.2) is 0 Å². The molecular formula is C8H14O2. The summed E-state index contributed by atoms with van der Waals surface area (Å²) >= 11 is 0. The van der Waals surface area contributed by atoms with Crippen LogP contribution in [-0.4, -0.2) is 19.5 Å². The van der Waals surface area contributed by atoms with Crippen molar-refractivity contribution in [3.05, 3.63) is 12.2 Å². The predicted molar refractivity (Wildman–Crippen MR) is 39.7 cm³/mol. The smallest absolute Gasteiger partial charge is 0.176 e. The Balaban J connectivity index is 2.26. The Morgan fingerprint density at radius 2 is 1.90 bits per heavy atom. The van der Waals surface area contributed by atoms with E-state index in [1.807, 2.05) is 19.1 Å². The van der Waals surface area contributed by atoms with Gasteiger partial charge in [-0.1, -0.05) is 13.0 Å². The summed E-state index contributed by atoms with van der Waals surface area (Å²) in [7, 11) is 0. The molecule has 1 aliphatic heterocycles. The van der Waals surface area contributed by atoms with Crippen LogP contribution in [0.3, 0.4) is 0 Å². The highest BCUT2D eigenvalue weighted by atomic mass is 16.7. The first-order chi connectivity index (χ1) is 4.83. The molecule has 0 radical (unpaired) electrons. The number of hydrogen-bond acceptors (Lipinski definition) is 2. The third-order valence-corrected chi connectivity index (χ3v) is 1.44. The first-order valence-corrected chi connectivity index (χ1v) is 3.69. The van der Waals surface area contributed by atoms with E-state index in [1.54, 1.807) is 0 Å². The van der Waals surface area contributed by atoms with E-state index in [0.29, 0.717) is 5.92 Å². The van der Waals surface area contributed by atoms with Crippen molar-refractivity contribution < 1.29 is 9.47 Å². The van der Waals surface area contributed by atoms with Crippen LogP contribution in [-0.2, 0) is 9.47 Å². The summed E-state index contributed by atoms with van der Waals surface area (Å²) in [6.45, 7) is 5.71. The highest BCUT2D eigenvalue weighted by Gasteiger charge is 2.15. The molecular weight excluding hydrogens is 128 g/mol. The predicted octanol–water partition coefficient (Wildman–Crippen LogP) is 1.57. The van der Waals surface area contributed by atoms with Crippen LogP contribution in [0.2, 0.25) is 0 Å². The van der Waals surface area contributed by atoms with E-state index < -0.39 is 0 Å². The standard InChI is InChI=1S/C8H14O2/c1-3-4-8-9-5-7(2)6-10-8/h3-4,7-8H,5-6H2,1-2H3/b4-3+. The molecule has 0 aromatic rings. The molecule has 0 aromatic heterocycles. The normalized spacial score (nSPS) is 35.0. The lowest BCUT2D eigenvalue weighted by atomic mass is 10.2. The molecule has 0 unspecified atom stereocenters. The van der Waals surface area contributed by atoms with Gasteiger partial charge in [-0.05, 0) is 13.0 Å². The zero-order valence-corrected chi connectivity index (χ0v) is 6.54. The molecule has 0 bridgehead atoms. The molecule has 0 aromatic carbocycles. The van der Waals surface area contributed by atoms with Crippen LogP contribution in [0.1, 0.15) is 13.8 Å². The van der Waals surface area contributed by atoms with E-state index in [2.05, 4.69) is 6.92 Å². The van der Waals surface area contributed by atoms with Crippen LogP contribution < -0.4 is 0 Å². The second-order valence-corrected chi connectivity index (χ2v) is 2.67. The van der Waals surface area contributed by atoms with Gasteiger partial charge in [-0.2, -0.15) is 0 Å². The Labute approximate surface area is 61.8 Å². The van der Waals surface area contributed by atoms with E-state index in [-0.39, 0.29) is 6.29 Å². The van der Waals surface area contributed by atoms with Gasteiger partial charge >= 0.3 is 0 Å². The quantitative estimate of drug-likeness (QED) is 0.517. The first kappa shape index (κ1) is 7.76. The van der Waals surface area contributed by atoms with Crippen molar-refractivity contribution in [2.45, 2.75) is 20.1 Å². The van der Waals surface area contributed by atoms with Crippen molar-refractivity contribution in [2.75, 3.05) is 13.2 Å². The maximum absolute atomic E-state index is 5.32. The molecule has 1 fully saturated rings. The SMILES string of the molecule is C/C=C/C1OCC(C)CO1. The summed E-state index contributed by atoms with van der Waals surface area (Å²) in [6.07, 6.45) is 3.77. The molecule has 0 amide bonds. The summed E-state index contributed by atoms with van der Waals surface area (Å²) in [6, 6.07) is 0. The fourth-order valence-electron chi connectivity index (χ4n) is 0.883. The Bertz CT molecular complexity index is 112. The van der Waals surface area contributed by atoms with Crippen LogP contribution in [0.25, 0.3) is 0 Å². The fourth-order valence-corrected chi connectivity index (χ4v) is 0.883. The third-order valence-electron chi connectivity index (χ3n) is 1.44. The highest BCUT2D eigenvalue weighted by molar-refractivity contribution is 4.82. The topological polar surface area (TPSA) is 18.5 Å². The molecule has 0 atom stereocenters. The second-order valence-electron chi connectivity index (χ2n) is 2.67. The Morgan fingerprint density at radius 3 is 2.40 bits per heavy atom. The van der Waals surface area contributed by atoms with Crippen molar-refractivity contribution in [3.63, 3.8) is 0 Å². The number of rotatable bonds is 1. The largest absolute Gasteiger partial charge is 0.349 e. The van der Waals surface area contributed by atoms with E-state index in [0.717, 1.165) is 13.2 Å². The monoisotopic (exact) mass is 142 g/mol. The second kappa shape index (κ2) is 3.74. The summed E-state index contributed by atoms with van der Waals surface area (Å²) in [5.41, 5.74) is 0. The fraction of sp³-hybridized carbons (Fsp3) is 0.750. The van der Waals surface area contributed by atoms with Crippen molar-refractivity contribution in [3.8, 4) is 0 Å². The van der Waals surface area contributed by atoms with E-state index in [1.165, 1.54) is 0 Å². The Morgan fingerprint density at radius 1 is 1.30 bits per heavy atom. The van der Waals surface area contributed by atoms with Gasteiger partial charge in [0.05, 0.1) is 13.2 Å². The van der Waals surface area contributed by atoms with E-state index in [9.17, 15) is 0 Å². The molecule has 0 N–H and O–H groups in total. The summed E-state index contributed by atoms with van der Waals surface area (Å²) in [5.74, 6) is 0.543. The maximum atomic E-state index is 5.32. The molecule has 0 saturated carbocycles. The minimum absolute atomic E-state index is 0.0961. The van der Waals surface area contributed by atoms with Crippen molar-refractivity contribution in [1.29, 1.82) is 0 Å². The molecule has 1 heterocycles. The van der Waals surface area contributed by atoms with Crippen LogP contribution in [0, 0.1) is 5.92 Å². The van der Waals surface area contributed by atoms with Crippen molar-refractivity contribution in [2.24, 2.45) is 5.92 Å². The molecule has 0 spiro atoms. The average molecular weight is 142 g/mol. The lowest BCUT2D eigenvalue weighted by Crippen LogP contribution is -2.28. The summed E-state index contributed by atoms with van der Waals surface area (Å²) in [5, 5.41) is 0. The number of hydrogen-bond donors (Lipinski definition) is 0. The zero-order valence-electron chi connectivity index (χ0n) is 6.54. The summed E-state index contributed by atoms with van der Waals surface area (Å²) in [4.78, 5) is 0. The molecule has 1 rings (SSSR count). The van der Waals surface area contributed by atoms with E-state index in [4.69, 9.17) is 9.47 Å². The van der Waals surface area contributed by atoms with Gasteiger partial charge in [0, 0.05) is 5.92 Å². The molecule has 58 valence electrons. The first-order valence-electron chi connectivity index (χ1n) is 3.69. The zero-order chi connectivity index (χ0) is 7.40. The van der Waals surface area contributed by atoms with Gasteiger partial charge in [-0.15, -0.1) is 0 Å². The van der Waals surface area contributed by atoms with Gasteiger partial charge < -0.3 is 9.47 Å². The van der Waals surface area contributed by atoms with Gasteiger partial charge in [0.25, 0.3) is 0 Å². The molecule has 1 saturated heterocycles.